The molecule has 1 aromatic carbocycles. The number of amides is 2. The first-order valence-electron chi connectivity index (χ1n) is 11.6. The number of carbonyl (C=O) groups is 3. The smallest absolute Gasteiger partial charge is 0.310 e. The van der Waals surface area contributed by atoms with Crippen LogP contribution >= 0.6 is 15.9 Å². The number of aliphatic hydroxyl groups excluding tert-OH is 1. The molecule has 184 valence electrons. The molecule has 0 saturated carbocycles. The van der Waals surface area contributed by atoms with E-state index in [9.17, 15) is 24.6 Å². The summed E-state index contributed by atoms with van der Waals surface area (Å²) in [6, 6.07) is 4.06. The number of benzene rings is 1. The van der Waals surface area contributed by atoms with Crippen molar-refractivity contribution in [1.29, 1.82) is 0 Å². The van der Waals surface area contributed by atoms with Crippen molar-refractivity contribution in [2.24, 2.45) is 11.8 Å². The third-order valence-corrected chi connectivity index (χ3v) is 8.45. The summed E-state index contributed by atoms with van der Waals surface area (Å²) in [4.78, 5) is 43.1. The molecule has 3 heterocycles. The quantitative estimate of drug-likeness (QED) is 0.391. The Bertz CT molecular complexity index is 1010. The highest BCUT2D eigenvalue weighted by Crippen LogP contribution is 2.60. The van der Waals surface area contributed by atoms with E-state index < -0.39 is 47.5 Å². The Balaban J connectivity index is 1.89. The van der Waals surface area contributed by atoms with E-state index in [1.54, 1.807) is 11.0 Å². The zero-order valence-electron chi connectivity index (χ0n) is 19.6. The first-order chi connectivity index (χ1) is 16.1. The molecular weight excluding hydrogens is 504 g/mol. The van der Waals surface area contributed by atoms with Gasteiger partial charge < -0.3 is 24.7 Å². The molecule has 2 N–H and O–H groups in total. The third kappa shape index (κ3) is 3.43. The molecular formula is C25H31BrN2O6. The Morgan fingerprint density at radius 2 is 2.03 bits per heavy atom. The van der Waals surface area contributed by atoms with Crippen molar-refractivity contribution in [3.05, 3.63) is 42.0 Å². The van der Waals surface area contributed by atoms with E-state index in [2.05, 4.69) is 22.5 Å². The number of aliphatic hydroxyl groups is 1. The highest BCUT2D eigenvalue weighted by molar-refractivity contribution is 9.09. The summed E-state index contributed by atoms with van der Waals surface area (Å²) >= 11 is 3.55. The lowest BCUT2D eigenvalue weighted by Gasteiger charge is -2.39. The van der Waals surface area contributed by atoms with Crippen molar-refractivity contribution in [1.82, 2.24) is 4.90 Å². The second kappa shape index (κ2) is 9.09. The van der Waals surface area contributed by atoms with Gasteiger partial charge in [0, 0.05) is 17.1 Å². The minimum absolute atomic E-state index is 0.212. The van der Waals surface area contributed by atoms with Crippen LogP contribution in [0.1, 0.15) is 30.9 Å². The van der Waals surface area contributed by atoms with Crippen LogP contribution in [-0.4, -0.2) is 74.7 Å². The summed E-state index contributed by atoms with van der Waals surface area (Å²) in [6.45, 7) is 9.36. The summed E-state index contributed by atoms with van der Waals surface area (Å²) in [5.41, 5.74) is 1.24. The number of carbonyl (C=O) groups excluding carboxylic acids is 2. The molecule has 1 unspecified atom stereocenters. The number of ether oxygens (including phenoxy) is 1. The highest BCUT2D eigenvalue weighted by atomic mass is 79.9. The number of likely N-dealkylation sites (tertiary alicyclic amines) is 1. The van der Waals surface area contributed by atoms with E-state index in [1.807, 2.05) is 39.0 Å². The molecule has 0 aromatic heterocycles. The number of carboxylic acid groups (broad SMARTS) is 1. The maximum Gasteiger partial charge on any atom is 0.310 e. The topological polar surface area (TPSA) is 107 Å². The number of alkyl halides is 1. The van der Waals surface area contributed by atoms with Gasteiger partial charge in [-0.1, -0.05) is 47.1 Å². The number of hydrogen-bond donors (Lipinski definition) is 2. The molecule has 4 rings (SSSR count). The molecule has 3 aliphatic rings. The van der Waals surface area contributed by atoms with Crippen LogP contribution in [0.5, 0.6) is 0 Å². The number of aryl methyl sites for hydroxylation is 2. The number of rotatable bonds is 8. The molecule has 0 radical (unpaired) electrons. The van der Waals surface area contributed by atoms with Crippen LogP contribution in [0.3, 0.4) is 0 Å². The average Bonchev–Trinajstić information content (AvgIpc) is 3.37. The van der Waals surface area contributed by atoms with Crippen LogP contribution < -0.4 is 4.90 Å². The third-order valence-electron chi connectivity index (χ3n) is 7.61. The summed E-state index contributed by atoms with van der Waals surface area (Å²) in [5, 5.41) is 20.1. The number of halogens is 1. The van der Waals surface area contributed by atoms with E-state index in [4.69, 9.17) is 4.74 Å². The standard InChI is InChI=1S/C25H31BrN2O6/c1-5-10-27(19-13(3)8-7-9-14(19)4)23(31)21-25-11-16(26)20(34-25)17(24(32)33)18(25)22(30)28(21)15(6-2)12-29/h5,7-9,15-18,20-21,29H,1,6,10-12H2,2-4H3,(H,32,33)/t15-,16?,17-,18+,20-,21-,25+/m0/s1. The normalized spacial score (nSPS) is 32.6. The van der Waals surface area contributed by atoms with Crippen LogP contribution in [0, 0.1) is 25.7 Å². The highest BCUT2D eigenvalue weighted by Gasteiger charge is 2.77. The van der Waals surface area contributed by atoms with E-state index in [0.29, 0.717) is 12.8 Å². The molecule has 3 saturated heterocycles. The number of hydrogen-bond acceptors (Lipinski definition) is 5. The summed E-state index contributed by atoms with van der Waals surface area (Å²) in [7, 11) is 0. The Labute approximate surface area is 207 Å². The van der Waals surface area contributed by atoms with Crippen LogP contribution in [0.4, 0.5) is 5.69 Å². The van der Waals surface area contributed by atoms with Gasteiger partial charge in [0.15, 0.2) is 0 Å². The predicted octanol–water partition coefficient (Wildman–Crippen LogP) is 2.43. The average molecular weight is 535 g/mol. The Morgan fingerprint density at radius 3 is 2.56 bits per heavy atom. The first-order valence-corrected chi connectivity index (χ1v) is 12.5. The lowest BCUT2D eigenvalue weighted by atomic mass is 9.70. The van der Waals surface area contributed by atoms with Crippen molar-refractivity contribution in [2.45, 2.75) is 62.2 Å². The number of aliphatic carboxylic acids is 1. The molecule has 1 aromatic rings. The van der Waals surface area contributed by atoms with Crippen molar-refractivity contribution >= 4 is 39.4 Å². The van der Waals surface area contributed by atoms with E-state index in [0.717, 1.165) is 16.8 Å². The van der Waals surface area contributed by atoms with Crippen molar-refractivity contribution in [2.75, 3.05) is 18.1 Å². The van der Waals surface area contributed by atoms with Crippen molar-refractivity contribution in [3.8, 4) is 0 Å². The number of nitrogens with zero attached hydrogens (tertiary/aromatic N) is 2. The number of fused-ring (bicyclic) bond motifs is 1. The number of anilines is 1. The van der Waals surface area contributed by atoms with Gasteiger partial charge in [-0.15, -0.1) is 6.58 Å². The summed E-state index contributed by atoms with van der Waals surface area (Å²) in [5.74, 6) is -3.95. The maximum atomic E-state index is 14.4. The zero-order chi connectivity index (χ0) is 24.9. The lowest BCUT2D eigenvalue weighted by Crippen LogP contribution is -2.59. The fourth-order valence-electron chi connectivity index (χ4n) is 6.24. The number of para-hydroxylation sites is 1. The number of carboxylic acids is 1. The van der Waals surface area contributed by atoms with Crippen molar-refractivity contribution in [3.63, 3.8) is 0 Å². The molecule has 7 atom stereocenters. The van der Waals surface area contributed by atoms with Gasteiger partial charge in [0.1, 0.15) is 11.6 Å². The molecule has 9 heteroatoms. The maximum absolute atomic E-state index is 14.4. The Kier molecular flexibility index (Phi) is 6.65. The predicted molar refractivity (Wildman–Crippen MR) is 130 cm³/mol. The molecule has 2 amide bonds. The molecule has 8 nitrogen and oxygen atoms in total. The van der Waals surface area contributed by atoms with Gasteiger partial charge >= 0.3 is 5.97 Å². The van der Waals surface area contributed by atoms with Crippen LogP contribution in [-0.2, 0) is 19.1 Å². The van der Waals surface area contributed by atoms with Crippen molar-refractivity contribution < 1.29 is 29.3 Å². The van der Waals surface area contributed by atoms with E-state index in [-0.39, 0.29) is 23.9 Å². The molecule has 0 aliphatic carbocycles. The zero-order valence-corrected chi connectivity index (χ0v) is 21.2. The Hall–Kier alpha value is -2.23. The van der Waals surface area contributed by atoms with E-state index >= 15 is 0 Å². The van der Waals surface area contributed by atoms with Crippen LogP contribution in [0.25, 0.3) is 0 Å². The second-order valence-corrected chi connectivity index (χ2v) is 10.6. The molecule has 3 fully saturated rings. The van der Waals surface area contributed by atoms with Gasteiger partial charge in [0.25, 0.3) is 5.91 Å². The Morgan fingerprint density at radius 1 is 1.38 bits per heavy atom. The lowest BCUT2D eigenvalue weighted by molar-refractivity contribution is -0.150. The summed E-state index contributed by atoms with van der Waals surface area (Å²) in [6.07, 6.45) is 1.68. The van der Waals surface area contributed by atoms with Gasteiger partial charge in [-0.25, -0.2) is 0 Å². The van der Waals surface area contributed by atoms with Crippen LogP contribution in [0.15, 0.2) is 30.9 Å². The summed E-state index contributed by atoms with van der Waals surface area (Å²) < 4.78 is 6.32. The fourth-order valence-corrected chi connectivity index (χ4v) is 7.18. The molecule has 2 bridgehead atoms. The first kappa shape index (κ1) is 24.9. The van der Waals surface area contributed by atoms with Gasteiger partial charge in [0.2, 0.25) is 5.91 Å². The molecule has 3 aliphatic heterocycles. The molecule has 1 spiro atoms. The molecule has 34 heavy (non-hydrogen) atoms. The SMILES string of the molecule is C=CCN(C(=O)[C@@H]1N([C@@H](CC)CO)C(=O)[C@H]2[C@H](C(=O)O)[C@H]3O[C@@]12CC3Br)c1c(C)cccc1C. The minimum atomic E-state index is -1.28. The van der Waals surface area contributed by atoms with E-state index in [1.165, 1.54) is 4.90 Å². The monoisotopic (exact) mass is 534 g/mol. The van der Waals surface area contributed by atoms with Gasteiger partial charge in [-0.3, -0.25) is 14.4 Å². The van der Waals surface area contributed by atoms with Crippen LogP contribution in [0.2, 0.25) is 0 Å². The van der Waals surface area contributed by atoms with Gasteiger partial charge in [-0.2, -0.15) is 0 Å². The largest absolute Gasteiger partial charge is 0.481 e. The van der Waals surface area contributed by atoms with Gasteiger partial charge in [-0.05, 0) is 37.8 Å². The minimum Gasteiger partial charge on any atom is -0.481 e. The fraction of sp³-hybridized carbons (Fsp3) is 0.560. The van der Waals surface area contributed by atoms with Gasteiger partial charge in [0.05, 0.1) is 30.6 Å². The second-order valence-electron chi connectivity index (χ2n) is 9.47.